The van der Waals surface area contributed by atoms with Crippen molar-refractivity contribution in [3.63, 3.8) is 0 Å². The molecule has 1 saturated carbocycles. The molecular weight excluding hydrogens is 148 g/mol. The van der Waals surface area contributed by atoms with Crippen LogP contribution in [0.2, 0.25) is 0 Å². The van der Waals surface area contributed by atoms with E-state index >= 15 is 0 Å². The van der Waals surface area contributed by atoms with Crippen molar-refractivity contribution in [2.75, 3.05) is 0 Å². The zero-order valence-electron chi connectivity index (χ0n) is 7.68. The minimum absolute atomic E-state index is 0.679. The van der Waals surface area contributed by atoms with Gasteiger partial charge in [0.2, 0.25) is 0 Å². The molecule has 2 heteroatoms. The van der Waals surface area contributed by atoms with Crippen LogP contribution >= 0.6 is 0 Å². The lowest BCUT2D eigenvalue weighted by atomic mass is 9.98. The molecule has 1 unspecified atom stereocenters. The van der Waals surface area contributed by atoms with Gasteiger partial charge in [-0.3, -0.25) is 0 Å². The van der Waals surface area contributed by atoms with Crippen LogP contribution in [-0.2, 0) is 0 Å². The maximum Gasteiger partial charge on any atom is 0.0492 e. The zero-order valence-corrected chi connectivity index (χ0v) is 7.68. The van der Waals surface area contributed by atoms with E-state index in [0.29, 0.717) is 6.04 Å². The second kappa shape index (κ2) is 3.92. The molecule has 68 valence electrons. The summed E-state index contributed by atoms with van der Waals surface area (Å²) < 4.78 is 0. The maximum atomic E-state index is 4.37. The Kier molecular flexibility index (Phi) is 2.64. The first-order valence-electron chi connectivity index (χ1n) is 5.26. The van der Waals surface area contributed by atoms with E-state index in [0.717, 1.165) is 0 Å². The molecule has 0 radical (unpaired) electrons. The largest absolute Gasteiger partial charge is 0.307 e. The smallest absolute Gasteiger partial charge is 0.0492 e. The molecular formula is C10H18N2. The number of nitrogens with one attached hydrogen (secondary N) is 1. The van der Waals surface area contributed by atoms with Gasteiger partial charge >= 0.3 is 0 Å². The lowest BCUT2D eigenvalue weighted by Gasteiger charge is -2.10. The second-order valence-corrected chi connectivity index (χ2v) is 4.01. The Labute approximate surface area is 74.4 Å². The summed E-state index contributed by atoms with van der Waals surface area (Å²) in [5, 5.41) is 4.37. The predicted molar refractivity (Wildman–Crippen MR) is 51.3 cm³/mol. The topological polar surface area (TPSA) is 24.4 Å². The van der Waals surface area contributed by atoms with Crippen molar-refractivity contribution in [1.82, 2.24) is 5.43 Å². The number of nitrogens with zero attached hydrogens (tertiary/aromatic N) is 1. The van der Waals surface area contributed by atoms with Crippen LogP contribution in [0.4, 0.5) is 0 Å². The Morgan fingerprint density at radius 1 is 1.08 bits per heavy atom. The first kappa shape index (κ1) is 8.09. The fraction of sp³-hybridized carbons (Fsp3) is 0.900. The molecule has 2 aliphatic rings. The molecule has 0 spiro atoms. The molecule has 1 aliphatic heterocycles. The predicted octanol–water partition coefficient (Wildman–Crippen LogP) is 2.45. The fourth-order valence-corrected chi connectivity index (χ4v) is 2.13. The van der Waals surface area contributed by atoms with Crippen molar-refractivity contribution in [3.05, 3.63) is 0 Å². The average Bonchev–Trinajstić information content (AvgIpc) is 2.51. The number of hydrazone groups is 1. The first-order valence-corrected chi connectivity index (χ1v) is 5.26. The van der Waals surface area contributed by atoms with E-state index in [-0.39, 0.29) is 0 Å². The summed E-state index contributed by atoms with van der Waals surface area (Å²) in [6.45, 7) is 0. The molecule has 1 aliphatic carbocycles. The van der Waals surface area contributed by atoms with Crippen LogP contribution in [0.25, 0.3) is 0 Å². The minimum Gasteiger partial charge on any atom is -0.307 e. The molecule has 0 saturated heterocycles. The van der Waals surface area contributed by atoms with E-state index in [2.05, 4.69) is 10.5 Å². The average molecular weight is 166 g/mol. The zero-order chi connectivity index (χ0) is 8.23. The Bertz CT molecular complexity index is 175. The van der Waals surface area contributed by atoms with Gasteiger partial charge in [-0.05, 0) is 19.3 Å². The third-order valence-electron chi connectivity index (χ3n) is 2.91. The number of fused-ring (bicyclic) bond motifs is 2. The van der Waals surface area contributed by atoms with Gasteiger partial charge in [-0.15, -0.1) is 0 Å². The van der Waals surface area contributed by atoms with Crippen molar-refractivity contribution < 1.29 is 0 Å². The van der Waals surface area contributed by atoms with Crippen LogP contribution in [0, 0.1) is 0 Å². The van der Waals surface area contributed by atoms with Crippen molar-refractivity contribution in [2.24, 2.45) is 5.10 Å². The van der Waals surface area contributed by atoms with Gasteiger partial charge in [0.25, 0.3) is 0 Å². The highest BCUT2D eigenvalue weighted by atomic mass is 15.3. The summed E-state index contributed by atoms with van der Waals surface area (Å²) in [6.07, 6.45) is 10.8. The van der Waals surface area contributed by atoms with E-state index in [4.69, 9.17) is 0 Å². The van der Waals surface area contributed by atoms with E-state index < -0.39 is 0 Å². The van der Waals surface area contributed by atoms with Gasteiger partial charge in [0.05, 0.1) is 0 Å². The van der Waals surface area contributed by atoms with Crippen molar-refractivity contribution in [3.8, 4) is 0 Å². The van der Waals surface area contributed by atoms with Crippen LogP contribution in [-0.4, -0.2) is 11.8 Å². The molecule has 12 heavy (non-hydrogen) atoms. The SMILES string of the molecule is C1CCCC2=NNC(CCC1)C2. The van der Waals surface area contributed by atoms with Crippen LogP contribution in [0.5, 0.6) is 0 Å². The summed E-state index contributed by atoms with van der Waals surface area (Å²) >= 11 is 0. The molecule has 2 rings (SSSR count). The fourth-order valence-electron chi connectivity index (χ4n) is 2.13. The molecule has 0 amide bonds. The lowest BCUT2D eigenvalue weighted by Crippen LogP contribution is -2.19. The minimum atomic E-state index is 0.679. The monoisotopic (exact) mass is 166 g/mol. The Balaban J connectivity index is 1.87. The van der Waals surface area contributed by atoms with E-state index in [1.165, 1.54) is 57.1 Å². The van der Waals surface area contributed by atoms with Crippen LogP contribution in [0.1, 0.15) is 51.4 Å². The van der Waals surface area contributed by atoms with Gasteiger partial charge in [-0.2, -0.15) is 5.10 Å². The molecule has 1 atom stereocenters. The molecule has 0 aromatic heterocycles. The van der Waals surface area contributed by atoms with Gasteiger partial charge in [-0.1, -0.05) is 25.7 Å². The summed E-state index contributed by atoms with van der Waals surface area (Å²) in [4.78, 5) is 0. The second-order valence-electron chi connectivity index (χ2n) is 4.01. The normalized spacial score (nSPS) is 30.7. The van der Waals surface area contributed by atoms with Gasteiger partial charge < -0.3 is 5.43 Å². The van der Waals surface area contributed by atoms with Gasteiger partial charge in [0.1, 0.15) is 0 Å². The lowest BCUT2D eigenvalue weighted by molar-refractivity contribution is 0.493. The highest BCUT2D eigenvalue weighted by Crippen LogP contribution is 2.18. The Morgan fingerprint density at radius 2 is 1.92 bits per heavy atom. The highest BCUT2D eigenvalue weighted by molar-refractivity contribution is 5.86. The number of hydrogen-bond acceptors (Lipinski definition) is 2. The summed E-state index contributed by atoms with van der Waals surface area (Å²) in [6, 6.07) is 0.679. The van der Waals surface area contributed by atoms with Crippen LogP contribution in [0.3, 0.4) is 0 Å². The molecule has 2 nitrogen and oxygen atoms in total. The maximum absolute atomic E-state index is 4.37. The number of rotatable bonds is 0. The Hall–Kier alpha value is -0.530. The first-order chi connectivity index (χ1) is 5.95. The molecule has 0 aromatic rings. The van der Waals surface area contributed by atoms with Gasteiger partial charge in [0, 0.05) is 18.2 Å². The summed E-state index contributed by atoms with van der Waals surface area (Å²) in [5.74, 6) is 0. The van der Waals surface area contributed by atoms with Crippen molar-refractivity contribution >= 4 is 5.71 Å². The molecule has 2 bridgehead atoms. The van der Waals surface area contributed by atoms with Gasteiger partial charge in [-0.25, -0.2) is 0 Å². The summed E-state index contributed by atoms with van der Waals surface area (Å²) in [7, 11) is 0. The molecule has 1 fully saturated rings. The van der Waals surface area contributed by atoms with Crippen LogP contribution < -0.4 is 5.43 Å². The van der Waals surface area contributed by atoms with Crippen molar-refractivity contribution in [1.29, 1.82) is 0 Å². The van der Waals surface area contributed by atoms with Crippen LogP contribution in [0.15, 0.2) is 5.10 Å². The highest BCUT2D eigenvalue weighted by Gasteiger charge is 2.17. The Morgan fingerprint density at radius 3 is 2.92 bits per heavy atom. The standard InChI is InChI=1S/C10H18N2/c1-2-4-6-9-8-10(12-11-9)7-5-3-1/h9,11H,1-8H2. The molecule has 0 aromatic carbocycles. The third-order valence-corrected chi connectivity index (χ3v) is 2.91. The van der Waals surface area contributed by atoms with Gasteiger partial charge in [0.15, 0.2) is 0 Å². The van der Waals surface area contributed by atoms with Crippen molar-refractivity contribution in [2.45, 2.75) is 57.4 Å². The van der Waals surface area contributed by atoms with E-state index in [1.54, 1.807) is 0 Å². The molecule has 1 heterocycles. The number of hydrogen-bond donors (Lipinski definition) is 1. The van der Waals surface area contributed by atoms with E-state index in [9.17, 15) is 0 Å². The molecule has 1 N–H and O–H groups in total. The summed E-state index contributed by atoms with van der Waals surface area (Å²) in [5.41, 5.74) is 4.66. The third kappa shape index (κ3) is 1.99. The van der Waals surface area contributed by atoms with E-state index in [1.807, 2.05) is 0 Å². The quantitative estimate of drug-likeness (QED) is 0.587.